The Morgan fingerprint density at radius 2 is 2.07 bits per heavy atom. The molecule has 3 heteroatoms. The van der Waals surface area contributed by atoms with Gasteiger partial charge in [0.25, 0.3) is 0 Å². The molecule has 1 heterocycles. The monoisotopic (exact) mass is 378 g/mol. The first-order chi connectivity index (χ1) is 13.6. The lowest BCUT2D eigenvalue weighted by Gasteiger charge is -2.63. The second-order valence-corrected chi connectivity index (χ2v) is 9.19. The second-order valence-electron chi connectivity index (χ2n) is 9.19. The van der Waals surface area contributed by atoms with Gasteiger partial charge in [-0.2, -0.15) is 0 Å². The Bertz CT molecular complexity index is 868. The molecule has 0 aromatic heterocycles. The lowest BCUT2D eigenvalue weighted by atomic mass is 9.39. The van der Waals surface area contributed by atoms with Crippen molar-refractivity contribution in [2.75, 3.05) is 0 Å². The number of unbranched alkanes of at least 4 members (excludes halogenated alkanes) is 1. The van der Waals surface area contributed by atoms with E-state index in [9.17, 15) is 9.59 Å². The SMILES string of the molecule is CCC/C=C1\OC(=O)C2=C1CC[C@H]1[C@@H]2[C@@]2(CC(=O)C3=C2CCC=C3)[C@H]1CCC. The molecule has 4 atom stereocenters. The van der Waals surface area contributed by atoms with Gasteiger partial charge in [0, 0.05) is 34.5 Å². The highest BCUT2D eigenvalue weighted by atomic mass is 16.5. The van der Waals surface area contributed by atoms with E-state index in [4.69, 9.17) is 4.74 Å². The molecule has 1 fully saturated rings. The molecule has 4 aliphatic carbocycles. The Labute approximate surface area is 167 Å². The number of hydrogen-bond donors (Lipinski definition) is 0. The van der Waals surface area contributed by atoms with Gasteiger partial charge in [-0.25, -0.2) is 4.79 Å². The number of cyclic esters (lactones) is 1. The minimum Gasteiger partial charge on any atom is -0.423 e. The molecule has 0 unspecified atom stereocenters. The van der Waals surface area contributed by atoms with E-state index in [1.54, 1.807) is 0 Å². The van der Waals surface area contributed by atoms with E-state index in [2.05, 4.69) is 32.1 Å². The molecule has 28 heavy (non-hydrogen) atoms. The Morgan fingerprint density at radius 1 is 1.21 bits per heavy atom. The number of rotatable bonds is 4. The predicted octanol–water partition coefficient (Wildman–Crippen LogP) is 5.59. The zero-order chi connectivity index (χ0) is 19.5. The van der Waals surface area contributed by atoms with Crippen LogP contribution in [0.5, 0.6) is 0 Å². The van der Waals surface area contributed by atoms with E-state index < -0.39 is 0 Å². The van der Waals surface area contributed by atoms with Gasteiger partial charge in [0.2, 0.25) is 0 Å². The van der Waals surface area contributed by atoms with Crippen molar-refractivity contribution in [1.82, 2.24) is 0 Å². The summed E-state index contributed by atoms with van der Waals surface area (Å²) in [6.07, 6.45) is 15.3. The standard InChI is InChI=1S/C25H30O3/c1-3-5-11-21-17-13-12-16-18(8-4-2)25(23(16)22(17)24(27)28-21)14-20(26)15-9-6-7-10-19(15)25/h6,9,11,16,18,23H,3-5,7-8,10,12-14H2,1-2H3/b21-11-/t16-,18+,23+,25+/m1/s1. The third-order valence-corrected chi connectivity index (χ3v) is 7.95. The molecular weight excluding hydrogens is 348 g/mol. The number of allylic oxidation sites excluding steroid dienone is 6. The molecule has 0 bridgehead atoms. The Kier molecular flexibility index (Phi) is 4.26. The van der Waals surface area contributed by atoms with Crippen LogP contribution in [0.1, 0.15) is 71.6 Å². The van der Waals surface area contributed by atoms with Crippen LogP contribution in [0.4, 0.5) is 0 Å². The summed E-state index contributed by atoms with van der Waals surface area (Å²) in [7, 11) is 0. The van der Waals surface area contributed by atoms with Crippen molar-refractivity contribution in [2.45, 2.75) is 71.6 Å². The van der Waals surface area contributed by atoms with Crippen molar-refractivity contribution in [3.8, 4) is 0 Å². The van der Waals surface area contributed by atoms with E-state index in [-0.39, 0.29) is 17.3 Å². The first kappa shape index (κ1) is 18.1. The Balaban J connectivity index is 1.63. The molecule has 0 N–H and O–H groups in total. The topological polar surface area (TPSA) is 43.4 Å². The summed E-state index contributed by atoms with van der Waals surface area (Å²) < 4.78 is 5.76. The van der Waals surface area contributed by atoms with E-state index >= 15 is 0 Å². The largest absolute Gasteiger partial charge is 0.423 e. The quantitative estimate of drug-likeness (QED) is 0.599. The minimum absolute atomic E-state index is 0.113. The number of ether oxygens (including phenoxy) is 1. The fourth-order valence-electron chi connectivity index (χ4n) is 7.06. The number of hydrogen-bond acceptors (Lipinski definition) is 3. The molecule has 1 aliphatic heterocycles. The number of fused-ring (bicyclic) bond motifs is 4. The number of esters is 1. The zero-order valence-corrected chi connectivity index (χ0v) is 17.1. The molecule has 148 valence electrons. The first-order valence-electron chi connectivity index (χ1n) is 11.2. The molecule has 1 saturated carbocycles. The fraction of sp³-hybridized carbons (Fsp3) is 0.600. The minimum atomic E-state index is -0.130. The summed E-state index contributed by atoms with van der Waals surface area (Å²) in [6, 6.07) is 0. The van der Waals surface area contributed by atoms with Gasteiger partial charge in [-0.15, -0.1) is 0 Å². The van der Waals surface area contributed by atoms with Gasteiger partial charge < -0.3 is 4.74 Å². The van der Waals surface area contributed by atoms with Crippen LogP contribution in [-0.2, 0) is 14.3 Å². The van der Waals surface area contributed by atoms with E-state index in [0.717, 1.165) is 73.8 Å². The highest BCUT2D eigenvalue weighted by molar-refractivity contribution is 6.04. The average molecular weight is 379 g/mol. The van der Waals surface area contributed by atoms with Gasteiger partial charge in [-0.3, -0.25) is 4.79 Å². The van der Waals surface area contributed by atoms with Crippen LogP contribution in [-0.4, -0.2) is 11.8 Å². The lowest BCUT2D eigenvalue weighted by Crippen LogP contribution is -2.59. The first-order valence-corrected chi connectivity index (χ1v) is 11.2. The molecule has 0 amide bonds. The Hall–Kier alpha value is -1.90. The molecule has 1 spiro atoms. The number of carbonyl (C=O) groups excluding carboxylic acids is 2. The molecule has 0 saturated heterocycles. The third-order valence-electron chi connectivity index (χ3n) is 7.95. The summed E-state index contributed by atoms with van der Waals surface area (Å²) in [5.41, 5.74) is 4.31. The van der Waals surface area contributed by atoms with Crippen LogP contribution in [0.3, 0.4) is 0 Å². The van der Waals surface area contributed by atoms with Crippen molar-refractivity contribution in [3.05, 3.63) is 46.3 Å². The van der Waals surface area contributed by atoms with Gasteiger partial charge in [0.05, 0.1) is 0 Å². The normalized spacial score (nSPS) is 37.4. The second kappa shape index (κ2) is 6.57. The van der Waals surface area contributed by atoms with E-state index in [1.807, 2.05) is 0 Å². The average Bonchev–Trinajstić information content (AvgIpc) is 3.19. The summed E-state index contributed by atoms with van der Waals surface area (Å²) in [5.74, 6) is 2.24. The van der Waals surface area contributed by atoms with Crippen LogP contribution in [0.25, 0.3) is 0 Å². The summed E-state index contributed by atoms with van der Waals surface area (Å²) >= 11 is 0. The molecule has 0 radical (unpaired) electrons. The van der Waals surface area contributed by atoms with Crippen molar-refractivity contribution in [3.63, 3.8) is 0 Å². The molecule has 0 aromatic rings. The smallest absolute Gasteiger partial charge is 0.340 e. The maximum atomic E-state index is 13.0. The van der Waals surface area contributed by atoms with Gasteiger partial charge in [-0.05, 0) is 56.4 Å². The molecule has 5 rings (SSSR count). The van der Waals surface area contributed by atoms with Crippen LogP contribution in [0.2, 0.25) is 0 Å². The van der Waals surface area contributed by atoms with E-state index in [1.165, 1.54) is 5.57 Å². The van der Waals surface area contributed by atoms with Crippen LogP contribution < -0.4 is 0 Å². The van der Waals surface area contributed by atoms with Crippen LogP contribution in [0, 0.1) is 23.2 Å². The molecule has 0 aromatic carbocycles. The maximum Gasteiger partial charge on any atom is 0.340 e. The number of Topliss-reactive ketones (excluding diaryl/α,β-unsaturated/α-hetero) is 1. The summed E-state index contributed by atoms with van der Waals surface area (Å²) in [6.45, 7) is 4.39. The summed E-state index contributed by atoms with van der Waals surface area (Å²) in [4.78, 5) is 26.0. The van der Waals surface area contributed by atoms with E-state index in [0.29, 0.717) is 24.0 Å². The van der Waals surface area contributed by atoms with Gasteiger partial charge in [-0.1, -0.05) is 44.4 Å². The maximum absolute atomic E-state index is 13.0. The lowest BCUT2D eigenvalue weighted by molar-refractivity contribution is -0.142. The molecule has 3 nitrogen and oxygen atoms in total. The van der Waals surface area contributed by atoms with Gasteiger partial charge in [0.1, 0.15) is 5.76 Å². The molecule has 5 aliphatic rings. The highest BCUT2D eigenvalue weighted by Gasteiger charge is 2.69. The fourth-order valence-corrected chi connectivity index (χ4v) is 7.06. The number of carbonyl (C=O) groups is 2. The Morgan fingerprint density at radius 3 is 2.86 bits per heavy atom. The summed E-state index contributed by atoms with van der Waals surface area (Å²) in [5, 5.41) is 0. The zero-order valence-electron chi connectivity index (χ0n) is 17.1. The van der Waals surface area contributed by atoms with Crippen LogP contribution in [0.15, 0.2) is 46.3 Å². The van der Waals surface area contributed by atoms with Crippen molar-refractivity contribution in [1.29, 1.82) is 0 Å². The predicted molar refractivity (Wildman–Crippen MR) is 108 cm³/mol. The van der Waals surface area contributed by atoms with Gasteiger partial charge >= 0.3 is 5.97 Å². The van der Waals surface area contributed by atoms with Crippen molar-refractivity contribution < 1.29 is 14.3 Å². The van der Waals surface area contributed by atoms with Gasteiger partial charge in [0.15, 0.2) is 5.78 Å². The van der Waals surface area contributed by atoms with Crippen molar-refractivity contribution in [2.24, 2.45) is 23.2 Å². The highest BCUT2D eigenvalue weighted by Crippen LogP contribution is 2.73. The third kappa shape index (κ3) is 2.22. The molecular formula is C25H30O3. The van der Waals surface area contributed by atoms with Crippen LogP contribution >= 0.6 is 0 Å². The van der Waals surface area contributed by atoms with Crippen molar-refractivity contribution >= 4 is 11.8 Å². The number of ketones is 1.